The summed E-state index contributed by atoms with van der Waals surface area (Å²) in [6.07, 6.45) is -1.68. The van der Waals surface area contributed by atoms with Crippen LogP contribution in [0.5, 0.6) is 0 Å². The molecule has 0 amide bonds. The molecule has 1 aromatic carbocycles. The normalized spacial score (nSPS) is 17.3. The number of alkyl halides is 3. The number of benzene rings is 1. The number of anilines is 1. The van der Waals surface area contributed by atoms with Crippen LogP contribution in [0.2, 0.25) is 0 Å². The zero-order chi connectivity index (χ0) is 16.3. The van der Waals surface area contributed by atoms with Gasteiger partial charge in [0.25, 0.3) is 0 Å². The average Bonchev–Trinajstić information content (AvgIpc) is 2.47. The second-order valence-corrected chi connectivity index (χ2v) is 6.37. The van der Waals surface area contributed by atoms with Crippen molar-refractivity contribution in [1.82, 2.24) is 0 Å². The van der Waals surface area contributed by atoms with Crippen molar-refractivity contribution in [3.8, 4) is 0 Å². The van der Waals surface area contributed by atoms with E-state index in [1.54, 1.807) is 26.0 Å². The van der Waals surface area contributed by atoms with Gasteiger partial charge < -0.3 is 10.0 Å². The molecular weight excluding hydrogens is 291 g/mol. The summed E-state index contributed by atoms with van der Waals surface area (Å²) in [4.78, 5) is 2.02. The molecule has 1 heterocycles. The number of rotatable bonds is 4. The Kier molecular flexibility index (Phi) is 5.37. The van der Waals surface area contributed by atoms with Gasteiger partial charge in [-0.3, -0.25) is 0 Å². The van der Waals surface area contributed by atoms with E-state index in [0.29, 0.717) is 17.2 Å². The van der Waals surface area contributed by atoms with Crippen molar-refractivity contribution in [3.05, 3.63) is 29.3 Å². The van der Waals surface area contributed by atoms with E-state index >= 15 is 0 Å². The first-order valence-corrected chi connectivity index (χ1v) is 7.90. The van der Waals surface area contributed by atoms with Crippen LogP contribution >= 0.6 is 0 Å². The van der Waals surface area contributed by atoms with Gasteiger partial charge in [0.05, 0.1) is 5.56 Å². The monoisotopic (exact) mass is 315 g/mol. The molecule has 22 heavy (non-hydrogen) atoms. The molecule has 1 aliphatic rings. The van der Waals surface area contributed by atoms with E-state index in [9.17, 15) is 13.2 Å². The predicted molar refractivity (Wildman–Crippen MR) is 82.2 cm³/mol. The van der Waals surface area contributed by atoms with Crippen molar-refractivity contribution in [2.75, 3.05) is 24.6 Å². The van der Waals surface area contributed by atoms with Crippen molar-refractivity contribution >= 4 is 5.69 Å². The van der Waals surface area contributed by atoms with Gasteiger partial charge >= 0.3 is 6.18 Å². The smallest absolute Gasteiger partial charge is 0.396 e. The molecule has 2 nitrogen and oxygen atoms in total. The highest BCUT2D eigenvalue weighted by molar-refractivity contribution is 5.53. The SMILES string of the molecule is CC(C)c1ccc(N2CCC(CCO)CC2)cc1C(F)(F)F. The maximum Gasteiger partial charge on any atom is 0.416 e. The van der Waals surface area contributed by atoms with E-state index in [2.05, 4.69) is 0 Å². The molecule has 0 aromatic heterocycles. The lowest BCUT2D eigenvalue weighted by Gasteiger charge is -2.34. The van der Waals surface area contributed by atoms with Gasteiger partial charge in [0.1, 0.15) is 0 Å². The lowest BCUT2D eigenvalue weighted by molar-refractivity contribution is -0.138. The molecule has 1 aromatic rings. The van der Waals surface area contributed by atoms with Gasteiger partial charge in [-0.15, -0.1) is 0 Å². The summed E-state index contributed by atoms with van der Waals surface area (Å²) in [5.41, 5.74) is 0.489. The summed E-state index contributed by atoms with van der Waals surface area (Å²) in [6.45, 7) is 5.26. The number of nitrogens with zero attached hydrogens (tertiary/aromatic N) is 1. The molecule has 1 fully saturated rings. The molecule has 0 aliphatic carbocycles. The van der Waals surface area contributed by atoms with Crippen LogP contribution in [0.15, 0.2) is 18.2 Å². The summed E-state index contributed by atoms with van der Waals surface area (Å²) >= 11 is 0. The van der Waals surface area contributed by atoms with Crippen LogP contribution < -0.4 is 4.90 Å². The maximum atomic E-state index is 13.3. The molecule has 1 saturated heterocycles. The van der Waals surface area contributed by atoms with Crippen LogP contribution in [-0.2, 0) is 6.18 Å². The standard InChI is InChI=1S/C17H24F3NO/c1-12(2)15-4-3-14(11-16(15)17(18,19)20)21-8-5-13(6-9-21)7-10-22/h3-4,11-13,22H,5-10H2,1-2H3. The van der Waals surface area contributed by atoms with E-state index in [0.717, 1.165) is 32.4 Å². The molecule has 0 atom stereocenters. The number of aliphatic hydroxyl groups is 1. The molecule has 0 unspecified atom stereocenters. The molecular formula is C17H24F3NO. The van der Waals surface area contributed by atoms with E-state index < -0.39 is 11.7 Å². The van der Waals surface area contributed by atoms with Crippen molar-refractivity contribution in [3.63, 3.8) is 0 Å². The number of hydrogen-bond donors (Lipinski definition) is 1. The molecule has 2 rings (SSSR count). The molecule has 0 bridgehead atoms. The fraction of sp³-hybridized carbons (Fsp3) is 0.647. The molecule has 1 N–H and O–H groups in total. The molecule has 124 valence electrons. The lowest BCUT2D eigenvalue weighted by Crippen LogP contribution is -2.34. The summed E-state index contributed by atoms with van der Waals surface area (Å²) < 4.78 is 39.8. The Hall–Kier alpha value is -1.23. The third-order valence-corrected chi connectivity index (χ3v) is 4.48. The summed E-state index contributed by atoms with van der Waals surface area (Å²) in [6, 6.07) is 4.71. The average molecular weight is 315 g/mol. The highest BCUT2D eigenvalue weighted by atomic mass is 19.4. The maximum absolute atomic E-state index is 13.3. The predicted octanol–water partition coefficient (Wildman–Crippen LogP) is 4.43. The van der Waals surface area contributed by atoms with Gasteiger partial charge in [0.15, 0.2) is 0 Å². The molecule has 0 saturated carbocycles. The third-order valence-electron chi connectivity index (χ3n) is 4.48. The number of halogens is 3. The first kappa shape index (κ1) is 17.1. The van der Waals surface area contributed by atoms with Crippen LogP contribution in [0, 0.1) is 5.92 Å². The van der Waals surface area contributed by atoms with Crippen LogP contribution in [-0.4, -0.2) is 24.8 Å². The fourth-order valence-corrected chi connectivity index (χ4v) is 3.15. The van der Waals surface area contributed by atoms with Gasteiger partial charge in [0.2, 0.25) is 0 Å². The third kappa shape index (κ3) is 3.94. The van der Waals surface area contributed by atoms with Crippen molar-refractivity contribution in [2.45, 2.75) is 45.2 Å². The molecule has 5 heteroatoms. The quantitative estimate of drug-likeness (QED) is 0.888. The first-order chi connectivity index (χ1) is 10.3. The van der Waals surface area contributed by atoms with E-state index in [4.69, 9.17) is 5.11 Å². The van der Waals surface area contributed by atoms with Crippen molar-refractivity contribution in [2.24, 2.45) is 5.92 Å². The summed E-state index contributed by atoms with van der Waals surface area (Å²) in [7, 11) is 0. The van der Waals surface area contributed by atoms with Crippen LogP contribution in [0.1, 0.15) is 50.2 Å². The van der Waals surface area contributed by atoms with Gasteiger partial charge in [-0.1, -0.05) is 19.9 Å². The Morgan fingerprint density at radius 1 is 1.23 bits per heavy atom. The Balaban J connectivity index is 2.19. The number of hydrogen-bond acceptors (Lipinski definition) is 2. The zero-order valence-electron chi connectivity index (χ0n) is 13.2. The van der Waals surface area contributed by atoms with Gasteiger partial charge in [-0.2, -0.15) is 13.2 Å². The van der Waals surface area contributed by atoms with Crippen LogP contribution in [0.4, 0.5) is 18.9 Å². The Labute approximate surface area is 129 Å². The summed E-state index contributed by atoms with van der Waals surface area (Å²) in [5.74, 6) is 0.333. The van der Waals surface area contributed by atoms with E-state index in [1.807, 2.05) is 4.90 Å². The van der Waals surface area contributed by atoms with Crippen LogP contribution in [0.3, 0.4) is 0 Å². The number of piperidine rings is 1. The zero-order valence-corrected chi connectivity index (χ0v) is 13.2. The van der Waals surface area contributed by atoms with E-state index in [-0.39, 0.29) is 12.5 Å². The van der Waals surface area contributed by atoms with Crippen LogP contribution in [0.25, 0.3) is 0 Å². The molecule has 0 spiro atoms. The van der Waals surface area contributed by atoms with Crippen molar-refractivity contribution < 1.29 is 18.3 Å². The lowest BCUT2D eigenvalue weighted by atomic mass is 9.92. The van der Waals surface area contributed by atoms with Gasteiger partial charge in [-0.05, 0) is 48.8 Å². The fourth-order valence-electron chi connectivity index (χ4n) is 3.15. The van der Waals surface area contributed by atoms with Crippen molar-refractivity contribution in [1.29, 1.82) is 0 Å². The minimum absolute atomic E-state index is 0.152. The van der Waals surface area contributed by atoms with Gasteiger partial charge in [-0.25, -0.2) is 0 Å². The molecule has 1 aliphatic heterocycles. The van der Waals surface area contributed by atoms with Gasteiger partial charge in [0, 0.05) is 25.4 Å². The molecule has 0 radical (unpaired) electrons. The topological polar surface area (TPSA) is 23.5 Å². The Bertz CT molecular complexity index is 491. The van der Waals surface area contributed by atoms with E-state index in [1.165, 1.54) is 6.07 Å². The Morgan fingerprint density at radius 2 is 1.86 bits per heavy atom. The minimum Gasteiger partial charge on any atom is -0.396 e. The largest absolute Gasteiger partial charge is 0.416 e. The minimum atomic E-state index is -4.31. The second-order valence-electron chi connectivity index (χ2n) is 6.37. The number of aliphatic hydroxyl groups excluding tert-OH is 1. The summed E-state index contributed by atoms with van der Waals surface area (Å²) in [5, 5.41) is 8.97. The highest BCUT2D eigenvalue weighted by Crippen LogP contribution is 2.38. The Morgan fingerprint density at radius 3 is 2.36 bits per heavy atom. The second kappa shape index (κ2) is 6.90. The highest BCUT2D eigenvalue weighted by Gasteiger charge is 2.34. The first-order valence-electron chi connectivity index (χ1n) is 7.90.